The Labute approximate surface area is 146 Å². The van der Waals surface area contributed by atoms with Gasteiger partial charge in [-0.1, -0.05) is 35.5 Å². The van der Waals surface area contributed by atoms with Crippen LogP contribution in [0.15, 0.2) is 36.5 Å². The molecule has 0 bridgehead atoms. The van der Waals surface area contributed by atoms with E-state index >= 15 is 0 Å². The van der Waals surface area contributed by atoms with Gasteiger partial charge in [-0.3, -0.25) is 14.3 Å². The lowest BCUT2D eigenvalue weighted by Gasteiger charge is -2.16. The zero-order valence-corrected chi connectivity index (χ0v) is 14.0. The summed E-state index contributed by atoms with van der Waals surface area (Å²) >= 11 is 0. The summed E-state index contributed by atoms with van der Waals surface area (Å²) in [6.07, 6.45) is 4.26. The lowest BCUT2D eigenvalue weighted by atomic mass is 10.1. The molecule has 130 valence electrons. The Balaban J connectivity index is 1.33. The van der Waals surface area contributed by atoms with Crippen molar-refractivity contribution in [1.82, 2.24) is 25.2 Å². The summed E-state index contributed by atoms with van der Waals surface area (Å²) < 4.78 is 1.67. The Kier molecular flexibility index (Phi) is 4.21. The Hall–Kier alpha value is -2.70. The van der Waals surface area contributed by atoms with Gasteiger partial charge in [-0.25, -0.2) is 0 Å². The van der Waals surface area contributed by atoms with E-state index in [2.05, 4.69) is 15.6 Å². The third-order valence-electron chi connectivity index (χ3n) is 4.64. The number of amides is 2. The Morgan fingerprint density at radius 1 is 1.24 bits per heavy atom. The second-order valence-electron chi connectivity index (χ2n) is 6.90. The van der Waals surface area contributed by atoms with Gasteiger partial charge in [0.05, 0.1) is 6.20 Å². The van der Waals surface area contributed by atoms with Crippen molar-refractivity contribution in [2.45, 2.75) is 38.4 Å². The molecule has 4 rings (SSSR count). The second-order valence-corrected chi connectivity index (χ2v) is 6.90. The largest absolute Gasteiger partial charge is 0.348 e. The normalized spacial score (nSPS) is 20.1. The Bertz CT molecular complexity index is 769. The number of benzene rings is 1. The van der Waals surface area contributed by atoms with E-state index < -0.39 is 0 Å². The first-order chi connectivity index (χ1) is 12.2. The van der Waals surface area contributed by atoms with Gasteiger partial charge in [0.2, 0.25) is 5.91 Å². The number of carbonyl (C=O) groups is 2. The van der Waals surface area contributed by atoms with Crippen LogP contribution in [0.3, 0.4) is 0 Å². The molecule has 2 amide bonds. The maximum absolute atomic E-state index is 12.2. The van der Waals surface area contributed by atoms with Crippen LogP contribution in [0.4, 0.5) is 0 Å². The first-order valence-corrected chi connectivity index (χ1v) is 8.70. The van der Waals surface area contributed by atoms with E-state index in [0.717, 1.165) is 18.4 Å². The van der Waals surface area contributed by atoms with Crippen LogP contribution in [0.25, 0.3) is 0 Å². The van der Waals surface area contributed by atoms with Gasteiger partial charge in [0.1, 0.15) is 0 Å². The molecule has 2 fully saturated rings. The van der Waals surface area contributed by atoms with Gasteiger partial charge in [-0.05, 0) is 18.4 Å². The first-order valence-electron chi connectivity index (χ1n) is 8.70. The van der Waals surface area contributed by atoms with E-state index in [9.17, 15) is 9.59 Å². The quantitative estimate of drug-likeness (QED) is 0.858. The third kappa shape index (κ3) is 3.87. The maximum Gasteiger partial charge on any atom is 0.273 e. The predicted octanol–water partition coefficient (Wildman–Crippen LogP) is 1.22. The molecule has 7 nitrogen and oxygen atoms in total. The minimum absolute atomic E-state index is 0.165. The molecule has 1 unspecified atom stereocenters. The molecule has 1 aromatic carbocycles. The van der Waals surface area contributed by atoms with Crippen LogP contribution in [0.2, 0.25) is 0 Å². The topological polar surface area (TPSA) is 80.1 Å². The van der Waals surface area contributed by atoms with Crippen LogP contribution in [0, 0.1) is 5.92 Å². The smallest absolute Gasteiger partial charge is 0.273 e. The highest BCUT2D eigenvalue weighted by molar-refractivity contribution is 5.92. The van der Waals surface area contributed by atoms with Crippen molar-refractivity contribution in [2.24, 2.45) is 5.92 Å². The van der Waals surface area contributed by atoms with Crippen LogP contribution in [0.5, 0.6) is 0 Å². The summed E-state index contributed by atoms with van der Waals surface area (Å²) in [6.45, 7) is 1.94. The van der Waals surface area contributed by atoms with E-state index in [0.29, 0.717) is 37.8 Å². The number of hydrogen-bond acceptors (Lipinski definition) is 4. The van der Waals surface area contributed by atoms with Crippen molar-refractivity contribution >= 4 is 11.8 Å². The predicted molar refractivity (Wildman–Crippen MR) is 90.5 cm³/mol. The molecule has 7 heteroatoms. The number of carbonyl (C=O) groups excluding carboxylic acids is 2. The zero-order valence-electron chi connectivity index (χ0n) is 14.0. The van der Waals surface area contributed by atoms with Gasteiger partial charge in [0, 0.05) is 38.0 Å². The van der Waals surface area contributed by atoms with Gasteiger partial charge >= 0.3 is 0 Å². The van der Waals surface area contributed by atoms with Gasteiger partial charge in [0.15, 0.2) is 5.69 Å². The van der Waals surface area contributed by atoms with E-state index in [1.807, 2.05) is 35.2 Å². The molecule has 2 aromatic rings. The van der Waals surface area contributed by atoms with Gasteiger partial charge in [-0.15, -0.1) is 5.10 Å². The molecule has 0 radical (unpaired) electrons. The molecule has 1 aliphatic carbocycles. The summed E-state index contributed by atoms with van der Waals surface area (Å²) in [5.74, 6) is 0.194. The molecule has 1 N–H and O–H groups in total. The highest BCUT2D eigenvalue weighted by atomic mass is 16.2. The minimum Gasteiger partial charge on any atom is -0.348 e. The molecule has 2 heterocycles. The van der Waals surface area contributed by atoms with Crippen molar-refractivity contribution in [3.63, 3.8) is 0 Å². The average molecular weight is 339 g/mol. The molecule has 1 aliphatic heterocycles. The van der Waals surface area contributed by atoms with Crippen LogP contribution in [0.1, 0.15) is 35.3 Å². The number of nitrogens with zero attached hydrogens (tertiary/aromatic N) is 4. The summed E-state index contributed by atoms with van der Waals surface area (Å²) in [5, 5.41) is 10.9. The minimum atomic E-state index is -0.165. The SMILES string of the molecule is O=C(NC1CC1)c1cn(CC2CC(=O)N(Cc3ccccc3)C2)nn1. The average Bonchev–Trinajstić information content (AvgIpc) is 3.18. The van der Waals surface area contributed by atoms with Gasteiger partial charge < -0.3 is 10.2 Å². The number of rotatable bonds is 6. The lowest BCUT2D eigenvalue weighted by molar-refractivity contribution is -0.128. The molecule has 0 spiro atoms. The Morgan fingerprint density at radius 2 is 2.04 bits per heavy atom. The molecule has 1 saturated carbocycles. The van der Waals surface area contributed by atoms with Crippen LogP contribution in [-0.4, -0.2) is 44.3 Å². The summed E-state index contributed by atoms with van der Waals surface area (Å²) in [6, 6.07) is 10.3. The van der Waals surface area contributed by atoms with Gasteiger partial charge in [-0.2, -0.15) is 0 Å². The fourth-order valence-corrected chi connectivity index (χ4v) is 3.18. The summed E-state index contributed by atoms with van der Waals surface area (Å²) in [7, 11) is 0. The third-order valence-corrected chi connectivity index (χ3v) is 4.64. The van der Waals surface area contributed by atoms with E-state index in [-0.39, 0.29) is 17.7 Å². The van der Waals surface area contributed by atoms with Crippen LogP contribution < -0.4 is 5.32 Å². The number of likely N-dealkylation sites (tertiary alicyclic amines) is 1. The highest BCUT2D eigenvalue weighted by Gasteiger charge is 2.30. The molecule has 1 atom stereocenters. The standard InChI is InChI=1S/C18H21N5O2/c24-17-8-14(10-22(17)9-13-4-2-1-3-5-13)11-23-12-16(20-21-23)18(25)19-15-6-7-15/h1-5,12,14-15H,6-11H2,(H,19,25). The van der Waals surface area contributed by atoms with Gasteiger partial charge in [0.25, 0.3) is 5.91 Å². The van der Waals surface area contributed by atoms with Crippen molar-refractivity contribution in [1.29, 1.82) is 0 Å². The van der Waals surface area contributed by atoms with Crippen molar-refractivity contribution < 1.29 is 9.59 Å². The van der Waals surface area contributed by atoms with Crippen molar-refractivity contribution in [3.05, 3.63) is 47.8 Å². The molecule has 1 aromatic heterocycles. The summed E-state index contributed by atoms with van der Waals surface area (Å²) in [4.78, 5) is 26.1. The lowest BCUT2D eigenvalue weighted by Crippen LogP contribution is -2.25. The molecule has 1 saturated heterocycles. The number of hydrogen-bond donors (Lipinski definition) is 1. The van der Waals surface area contributed by atoms with E-state index in [4.69, 9.17) is 0 Å². The fourth-order valence-electron chi connectivity index (χ4n) is 3.18. The van der Waals surface area contributed by atoms with Crippen LogP contribution in [-0.2, 0) is 17.9 Å². The fraction of sp³-hybridized carbons (Fsp3) is 0.444. The van der Waals surface area contributed by atoms with E-state index in [1.54, 1.807) is 10.9 Å². The highest BCUT2D eigenvalue weighted by Crippen LogP contribution is 2.22. The first kappa shape index (κ1) is 15.8. The molecule has 2 aliphatic rings. The maximum atomic E-state index is 12.2. The van der Waals surface area contributed by atoms with Crippen molar-refractivity contribution in [3.8, 4) is 0 Å². The molecule has 25 heavy (non-hydrogen) atoms. The molecular weight excluding hydrogens is 318 g/mol. The second kappa shape index (κ2) is 6.66. The number of aromatic nitrogens is 3. The van der Waals surface area contributed by atoms with Crippen molar-refractivity contribution in [2.75, 3.05) is 6.54 Å². The van der Waals surface area contributed by atoms with Crippen LogP contribution >= 0.6 is 0 Å². The zero-order chi connectivity index (χ0) is 17.2. The summed E-state index contributed by atoms with van der Waals surface area (Å²) in [5.41, 5.74) is 1.48. The monoisotopic (exact) mass is 339 g/mol. The Morgan fingerprint density at radius 3 is 2.80 bits per heavy atom. The number of nitrogens with one attached hydrogen (secondary N) is 1. The van der Waals surface area contributed by atoms with E-state index in [1.165, 1.54) is 0 Å². The molecular formula is C18H21N5O2.